The minimum absolute atomic E-state index is 0.245. The number of likely N-dealkylation sites (N-methyl/N-ethyl adjacent to an activating group) is 1. The Kier molecular flexibility index (Phi) is 4.08. The van der Waals surface area contributed by atoms with Gasteiger partial charge in [-0.05, 0) is 61.5 Å². The fraction of sp³-hybridized carbons (Fsp3) is 0.176. The van der Waals surface area contributed by atoms with Gasteiger partial charge in [0.1, 0.15) is 0 Å². The molecule has 1 fully saturated rings. The lowest BCUT2D eigenvalue weighted by Gasteiger charge is -2.10. The topological polar surface area (TPSA) is 42.3 Å². The highest BCUT2D eigenvalue weighted by molar-refractivity contribution is 8.18. The summed E-state index contributed by atoms with van der Waals surface area (Å²) in [5, 5.41) is 0.425. The maximum Gasteiger partial charge on any atom is 0.293 e. The van der Waals surface area contributed by atoms with Crippen LogP contribution in [0.1, 0.15) is 17.0 Å². The fourth-order valence-electron chi connectivity index (χ4n) is 2.63. The molecule has 1 aromatic heterocycles. The summed E-state index contributed by atoms with van der Waals surface area (Å²) in [6.45, 7) is 3.98. The number of benzene rings is 1. The summed E-state index contributed by atoms with van der Waals surface area (Å²) in [4.78, 5) is 25.2. The molecule has 1 saturated heterocycles. The molecule has 1 aliphatic heterocycles. The van der Waals surface area contributed by atoms with Crippen molar-refractivity contribution >= 4 is 40.6 Å². The van der Waals surface area contributed by atoms with E-state index in [9.17, 15) is 9.59 Å². The zero-order chi connectivity index (χ0) is 16.7. The molecular formula is C17H15ClN2O2S. The maximum absolute atomic E-state index is 12.0. The highest BCUT2D eigenvalue weighted by Gasteiger charge is 2.32. The lowest BCUT2D eigenvalue weighted by Crippen LogP contribution is -2.22. The SMILES string of the molecule is Cc1cc(/C=C2/SC(=O)N(C)C2=O)c(C)n1-c1cccc(Cl)c1. The van der Waals surface area contributed by atoms with E-state index in [-0.39, 0.29) is 11.1 Å². The molecule has 0 N–H and O–H groups in total. The normalized spacial score (nSPS) is 16.7. The highest BCUT2D eigenvalue weighted by Crippen LogP contribution is 2.32. The molecule has 1 aromatic carbocycles. The minimum Gasteiger partial charge on any atom is -0.318 e. The molecule has 0 atom stereocenters. The van der Waals surface area contributed by atoms with E-state index in [1.807, 2.05) is 44.2 Å². The molecule has 0 saturated carbocycles. The van der Waals surface area contributed by atoms with E-state index in [2.05, 4.69) is 4.57 Å². The molecule has 2 aromatic rings. The molecule has 0 bridgehead atoms. The number of hydrogen-bond donors (Lipinski definition) is 0. The summed E-state index contributed by atoms with van der Waals surface area (Å²) >= 11 is 7.05. The summed E-state index contributed by atoms with van der Waals surface area (Å²) < 4.78 is 2.08. The van der Waals surface area contributed by atoms with Crippen LogP contribution in [0.2, 0.25) is 5.02 Å². The van der Waals surface area contributed by atoms with Gasteiger partial charge in [-0.2, -0.15) is 0 Å². The minimum atomic E-state index is -0.257. The van der Waals surface area contributed by atoms with Crippen molar-refractivity contribution < 1.29 is 9.59 Å². The molecule has 3 rings (SSSR count). The number of carbonyl (C=O) groups is 2. The molecule has 2 heterocycles. The van der Waals surface area contributed by atoms with Crippen LogP contribution in [0.25, 0.3) is 11.8 Å². The van der Waals surface area contributed by atoms with E-state index < -0.39 is 0 Å². The molecule has 0 radical (unpaired) electrons. The predicted octanol–water partition coefficient (Wildman–Crippen LogP) is 4.41. The quantitative estimate of drug-likeness (QED) is 0.756. The van der Waals surface area contributed by atoms with Crippen molar-refractivity contribution in [1.29, 1.82) is 0 Å². The van der Waals surface area contributed by atoms with Crippen molar-refractivity contribution in [3.05, 3.63) is 57.2 Å². The molecule has 2 amide bonds. The molecule has 0 spiro atoms. The first-order valence-electron chi connectivity index (χ1n) is 7.05. The van der Waals surface area contributed by atoms with Crippen LogP contribution in [0.5, 0.6) is 0 Å². The van der Waals surface area contributed by atoms with Crippen molar-refractivity contribution in [2.24, 2.45) is 0 Å². The number of amides is 2. The molecule has 118 valence electrons. The van der Waals surface area contributed by atoms with E-state index in [4.69, 9.17) is 11.6 Å². The Morgan fingerprint density at radius 1 is 1.17 bits per heavy atom. The van der Waals surface area contributed by atoms with Gasteiger partial charge in [-0.15, -0.1) is 0 Å². The van der Waals surface area contributed by atoms with Gasteiger partial charge in [0.15, 0.2) is 0 Å². The average Bonchev–Trinajstić information content (AvgIpc) is 2.91. The second kappa shape index (κ2) is 5.91. The molecule has 0 unspecified atom stereocenters. The third-order valence-electron chi connectivity index (χ3n) is 3.81. The number of aryl methyl sites for hydroxylation is 1. The monoisotopic (exact) mass is 346 g/mol. The van der Waals surface area contributed by atoms with Gasteiger partial charge < -0.3 is 4.57 Å². The van der Waals surface area contributed by atoms with Crippen LogP contribution in [0.15, 0.2) is 35.2 Å². The van der Waals surface area contributed by atoms with E-state index >= 15 is 0 Å². The van der Waals surface area contributed by atoms with Crippen LogP contribution >= 0.6 is 23.4 Å². The summed E-state index contributed by atoms with van der Waals surface area (Å²) in [6.07, 6.45) is 1.78. The molecule has 1 aliphatic rings. The van der Waals surface area contributed by atoms with Crippen molar-refractivity contribution in [2.45, 2.75) is 13.8 Å². The van der Waals surface area contributed by atoms with Crippen LogP contribution in [0.4, 0.5) is 4.79 Å². The zero-order valence-corrected chi connectivity index (χ0v) is 14.5. The van der Waals surface area contributed by atoms with Crippen LogP contribution in [-0.4, -0.2) is 27.7 Å². The zero-order valence-electron chi connectivity index (χ0n) is 13.0. The van der Waals surface area contributed by atoms with Crippen LogP contribution < -0.4 is 0 Å². The summed E-state index contributed by atoms with van der Waals surface area (Å²) in [7, 11) is 1.49. The number of thioether (sulfide) groups is 1. The number of carbonyl (C=O) groups excluding carboxylic acids is 2. The Morgan fingerprint density at radius 2 is 1.91 bits per heavy atom. The first-order valence-corrected chi connectivity index (χ1v) is 8.24. The number of halogens is 1. The number of aromatic nitrogens is 1. The average molecular weight is 347 g/mol. The summed E-state index contributed by atoms with van der Waals surface area (Å²) in [5.41, 5.74) is 3.91. The Bertz CT molecular complexity index is 854. The Hall–Kier alpha value is -1.98. The maximum atomic E-state index is 12.0. The Balaban J connectivity index is 2.06. The first kappa shape index (κ1) is 15.9. The van der Waals surface area contributed by atoms with E-state index in [0.29, 0.717) is 9.93 Å². The standard InChI is InChI=1S/C17H15ClN2O2S/c1-10-7-12(8-15-16(21)19(3)17(22)23-15)11(2)20(10)14-6-4-5-13(18)9-14/h4-9H,1-3H3/b15-8+. The molecular weight excluding hydrogens is 332 g/mol. The highest BCUT2D eigenvalue weighted by atomic mass is 35.5. The largest absolute Gasteiger partial charge is 0.318 e. The van der Waals surface area contributed by atoms with Gasteiger partial charge in [0.2, 0.25) is 0 Å². The van der Waals surface area contributed by atoms with Gasteiger partial charge in [-0.1, -0.05) is 17.7 Å². The lowest BCUT2D eigenvalue weighted by atomic mass is 10.2. The van der Waals surface area contributed by atoms with E-state index in [0.717, 1.165) is 39.3 Å². The van der Waals surface area contributed by atoms with Crippen molar-refractivity contribution in [3.8, 4) is 5.69 Å². The van der Waals surface area contributed by atoms with Crippen molar-refractivity contribution in [1.82, 2.24) is 9.47 Å². The molecule has 4 nitrogen and oxygen atoms in total. The number of nitrogens with zero attached hydrogens (tertiary/aromatic N) is 2. The second-order valence-corrected chi connectivity index (χ2v) is 6.81. The smallest absolute Gasteiger partial charge is 0.293 e. The summed E-state index contributed by atoms with van der Waals surface area (Å²) in [5.74, 6) is -0.257. The third-order valence-corrected chi connectivity index (χ3v) is 5.01. The van der Waals surface area contributed by atoms with Crippen LogP contribution in [-0.2, 0) is 4.79 Å². The molecule has 6 heteroatoms. The fourth-order valence-corrected chi connectivity index (χ4v) is 3.64. The van der Waals surface area contributed by atoms with Gasteiger partial charge >= 0.3 is 0 Å². The van der Waals surface area contributed by atoms with E-state index in [1.165, 1.54) is 7.05 Å². The van der Waals surface area contributed by atoms with Gasteiger partial charge in [0, 0.05) is 29.1 Å². The summed E-state index contributed by atoms with van der Waals surface area (Å²) in [6, 6.07) is 9.61. The van der Waals surface area contributed by atoms with Gasteiger partial charge in [0.05, 0.1) is 4.91 Å². The van der Waals surface area contributed by atoms with Crippen LogP contribution in [0.3, 0.4) is 0 Å². The first-order chi connectivity index (χ1) is 10.9. The number of rotatable bonds is 2. The van der Waals surface area contributed by atoms with Gasteiger partial charge in [0.25, 0.3) is 11.1 Å². The second-order valence-electron chi connectivity index (χ2n) is 5.38. The lowest BCUT2D eigenvalue weighted by molar-refractivity contribution is -0.121. The molecule has 0 aliphatic carbocycles. The van der Waals surface area contributed by atoms with Crippen LogP contribution in [0, 0.1) is 13.8 Å². The van der Waals surface area contributed by atoms with Gasteiger partial charge in [-0.25, -0.2) is 0 Å². The Morgan fingerprint density at radius 3 is 2.52 bits per heavy atom. The van der Waals surface area contributed by atoms with Gasteiger partial charge in [-0.3, -0.25) is 14.5 Å². The Labute approximate surface area is 143 Å². The third kappa shape index (κ3) is 2.82. The number of imide groups is 1. The number of hydrogen-bond acceptors (Lipinski definition) is 3. The predicted molar refractivity (Wildman–Crippen MR) is 94.0 cm³/mol. The molecule has 23 heavy (non-hydrogen) atoms. The van der Waals surface area contributed by atoms with Crippen molar-refractivity contribution in [3.63, 3.8) is 0 Å². The van der Waals surface area contributed by atoms with E-state index in [1.54, 1.807) is 6.08 Å². The van der Waals surface area contributed by atoms with Crippen molar-refractivity contribution in [2.75, 3.05) is 7.05 Å².